The molecule has 0 saturated carbocycles. The smallest absolute Gasteiger partial charge is 0.475 e. The van der Waals surface area contributed by atoms with Gasteiger partial charge in [-0.2, -0.15) is 13.2 Å². The van der Waals surface area contributed by atoms with Crippen LogP contribution in [-0.2, 0) is 16.1 Å². The maximum absolute atomic E-state index is 13.0. The Balaban J connectivity index is 0.000000339. The zero-order chi connectivity index (χ0) is 22.6. The van der Waals surface area contributed by atoms with Crippen LogP contribution in [0.4, 0.5) is 18.9 Å². The van der Waals surface area contributed by atoms with Crippen LogP contribution in [0.25, 0.3) is 0 Å². The monoisotopic (exact) mass is 440 g/mol. The molecule has 2 aromatic heterocycles. The van der Waals surface area contributed by atoms with Crippen LogP contribution in [0.3, 0.4) is 0 Å². The van der Waals surface area contributed by atoms with Gasteiger partial charge in [-0.05, 0) is 51.4 Å². The van der Waals surface area contributed by atoms with E-state index < -0.39 is 12.1 Å². The number of carboxylic acid groups (broad SMARTS) is 1. The van der Waals surface area contributed by atoms with E-state index >= 15 is 0 Å². The second-order valence-corrected chi connectivity index (χ2v) is 7.68. The molecular weight excluding hydrogens is 417 g/mol. The zero-order valence-electron chi connectivity index (χ0n) is 16.9. The second kappa shape index (κ2) is 9.04. The normalized spacial score (nSPS) is 18.7. The van der Waals surface area contributed by atoms with Gasteiger partial charge in [-0.15, -0.1) is 0 Å². The molecule has 0 unspecified atom stereocenters. The number of furan rings is 1. The van der Waals surface area contributed by atoms with E-state index in [1.54, 1.807) is 12.4 Å². The van der Waals surface area contributed by atoms with Crippen LogP contribution in [-0.4, -0.2) is 57.7 Å². The molecule has 2 aliphatic heterocycles. The molecule has 168 valence electrons. The number of aromatic nitrogens is 2. The molecule has 11 heteroatoms. The van der Waals surface area contributed by atoms with Crippen LogP contribution in [0.5, 0.6) is 0 Å². The van der Waals surface area contributed by atoms with Crippen molar-refractivity contribution in [3.63, 3.8) is 0 Å². The first-order valence-corrected chi connectivity index (χ1v) is 9.75. The molecule has 2 saturated heterocycles. The first kappa shape index (κ1) is 22.7. The Hall–Kier alpha value is -2.95. The van der Waals surface area contributed by atoms with Gasteiger partial charge in [-0.1, -0.05) is 0 Å². The fraction of sp³-hybridized carbons (Fsp3) is 0.500. The van der Waals surface area contributed by atoms with Gasteiger partial charge in [0.2, 0.25) is 5.91 Å². The summed E-state index contributed by atoms with van der Waals surface area (Å²) in [7, 11) is 0. The average Bonchev–Trinajstić information content (AvgIpc) is 3.28. The van der Waals surface area contributed by atoms with Crippen LogP contribution < -0.4 is 4.90 Å². The summed E-state index contributed by atoms with van der Waals surface area (Å²) in [6, 6.07) is 4.04. The lowest BCUT2D eigenvalue weighted by atomic mass is 9.77. The van der Waals surface area contributed by atoms with Gasteiger partial charge < -0.3 is 14.4 Å². The minimum absolute atomic E-state index is 0.203. The molecule has 8 nitrogen and oxygen atoms in total. The molecule has 1 N–H and O–H groups in total. The lowest BCUT2D eigenvalue weighted by Gasteiger charge is -2.37. The topological polar surface area (TPSA) is 99.8 Å². The molecule has 2 aromatic rings. The minimum Gasteiger partial charge on any atom is -0.475 e. The molecule has 31 heavy (non-hydrogen) atoms. The fourth-order valence-electron chi connectivity index (χ4n) is 3.89. The van der Waals surface area contributed by atoms with Gasteiger partial charge in [0, 0.05) is 6.54 Å². The Bertz CT molecular complexity index is 909. The average molecular weight is 440 g/mol. The number of halogens is 3. The third kappa shape index (κ3) is 5.40. The van der Waals surface area contributed by atoms with Crippen molar-refractivity contribution >= 4 is 17.6 Å². The van der Waals surface area contributed by atoms with Crippen molar-refractivity contribution in [2.24, 2.45) is 5.41 Å². The number of carbonyl (C=O) groups excluding carboxylic acids is 1. The number of hydrogen-bond acceptors (Lipinski definition) is 6. The molecule has 0 aromatic carbocycles. The Labute approximate surface area is 176 Å². The molecule has 0 radical (unpaired) electrons. The van der Waals surface area contributed by atoms with Crippen LogP contribution in [0.2, 0.25) is 0 Å². The van der Waals surface area contributed by atoms with Gasteiger partial charge in [0.15, 0.2) is 0 Å². The summed E-state index contributed by atoms with van der Waals surface area (Å²) in [5.74, 6) is -0.562. The van der Waals surface area contributed by atoms with Crippen molar-refractivity contribution < 1.29 is 32.3 Å². The van der Waals surface area contributed by atoms with E-state index in [1.165, 1.54) is 6.33 Å². The van der Waals surface area contributed by atoms with E-state index in [2.05, 4.69) is 14.9 Å². The highest BCUT2D eigenvalue weighted by molar-refractivity contribution is 5.99. The highest BCUT2D eigenvalue weighted by atomic mass is 19.4. The number of carboxylic acids is 1. The molecule has 0 atom stereocenters. The Kier molecular flexibility index (Phi) is 6.63. The fourth-order valence-corrected chi connectivity index (χ4v) is 3.89. The largest absolute Gasteiger partial charge is 0.490 e. The van der Waals surface area contributed by atoms with Gasteiger partial charge in [0.25, 0.3) is 0 Å². The SMILES string of the molecule is Cc1ccc(CN2CCC3(CC2)CCN(c2cncnc2)C3=O)o1.O=C(O)C(F)(F)F. The molecule has 2 aliphatic rings. The quantitative estimate of drug-likeness (QED) is 0.783. The zero-order valence-corrected chi connectivity index (χ0v) is 16.9. The van der Waals surface area contributed by atoms with E-state index in [-0.39, 0.29) is 11.3 Å². The summed E-state index contributed by atoms with van der Waals surface area (Å²) < 4.78 is 37.4. The number of alkyl halides is 3. The maximum Gasteiger partial charge on any atom is 0.490 e. The Morgan fingerprint density at radius 1 is 1.16 bits per heavy atom. The van der Waals surface area contributed by atoms with Gasteiger partial charge in [0.1, 0.15) is 17.8 Å². The number of nitrogens with zero attached hydrogens (tertiary/aromatic N) is 4. The summed E-state index contributed by atoms with van der Waals surface area (Å²) in [6.45, 7) is 5.43. The van der Waals surface area contributed by atoms with Gasteiger partial charge in [0.05, 0.1) is 30.0 Å². The first-order valence-electron chi connectivity index (χ1n) is 9.75. The maximum atomic E-state index is 13.0. The summed E-state index contributed by atoms with van der Waals surface area (Å²) in [5.41, 5.74) is 0.610. The van der Waals surface area contributed by atoms with Crippen molar-refractivity contribution in [1.29, 1.82) is 0 Å². The number of amides is 1. The van der Waals surface area contributed by atoms with Crippen molar-refractivity contribution in [1.82, 2.24) is 14.9 Å². The third-order valence-corrected chi connectivity index (χ3v) is 5.60. The number of aliphatic carboxylic acids is 1. The molecular formula is C20H23F3N4O4. The molecule has 4 heterocycles. The molecule has 4 rings (SSSR count). The first-order chi connectivity index (χ1) is 14.6. The van der Waals surface area contributed by atoms with E-state index in [9.17, 15) is 18.0 Å². The van der Waals surface area contributed by atoms with E-state index in [0.29, 0.717) is 0 Å². The number of hydrogen-bond donors (Lipinski definition) is 1. The summed E-state index contributed by atoms with van der Waals surface area (Å²) in [5, 5.41) is 7.12. The van der Waals surface area contributed by atoms with Crippen LogP contribution >= 0.6 is 0 Å². The van der Waals surface area contributed by atoms with Crippen LogP contribution in [0.1, 0.15) is 30.8 Å². The van der Waals surface area contributed by atoms with Crippen molar-refractivity contribution in [2.75, 3.05) is 24.5 Å². The van der Waals surface area contributed by atoms with Crippen LogP contribution in [0.15, 0.2) is 35.3 Å². The number of rotatable bonds is 3. The van der Waals surface area contributed by atoms with Crippen molar-refractivity contribution in [2.45, 2.75) is 38.9 Å². The standard InChI is InChI=1S/C18H22N4O2.C2HF3O2/c1-14-2-3-16(24-14)12-21-7-4-18(5-8-21)6-9-22(17(18)23)15-10-19-13-20-11-15;3-2(4,5)1(6)7/h2-3,10-11,13H,4-9,12H2,1H3;(H,6,7). The number of aryl methyl sites for hydroxylation is 1. The lowest BCUT2D eigenvalue weighted by Crippen LogP contribution is -2.44. The Morgan fingerprint density at radius 3 is 2.26 bits per heavy atom. The van der Waals surface area contributed by atoms with Gasteiger partial charge in [-0.25, -0.2) is 14.8 Å². The molecule has 0 bridgehead atoms. The van der Waals surface area contributed by atoms with E-state index in [0.717, 1.165) is 62.6 Å². The third-order valence-electron chi connectivity index (χ3n) is 5.60. The van der Waals surface area contributed by atoms with Gasteiger partial charge in [-0.3, -0.25) is 9.69 Å². The van der Waals surface area contributed by atoms with Crippen LogP contribution in [0, 0.1) is 12.3 Å². The predicted molar refractivity (Wildman–Crippen MR) is 103 cm³/mol. The number of carbonyl (C=O) groups is 2. The van der Waals surface area contributed by atoms with Crippen molar-refractivity contribution in [3.8, 4) is 0 Å². The van der Waals surface area contributed by atoms with Gasteiger partial charge >= 0.3 is 12.1 Å². The van der Waals surface area contributed by atoms with E-state index in [1.807, 2.05) is 24.0 Å². The predicted octanol–water partition coefficient (Wildman–Crippen LogP) is 3.03. The Morgan fingerprint density at radius 2 is 1.74 bits per heavy atom. The molecule has 1 spiro atoms. The second-order valence-electron chi connectivity index (χ2n) is 7.68. The molecule has 1 amide bonds. The lowest BCUT2D eigenvalue weighted by molar-refractivity contribution is -0.192. The number of piperidine rings is 1. The number of likely N-dealkylation sites (tertiary alicyclic amines) is 1. The molecule has 2 fully saturated rings. The summed E-state index contributed by atoms with van der Waals surface area (Å²) >= 11 is 0. The number of anilines is 1. The minimum atomic E-state index is -5.08. The molecule has 0 aliphatic carbocycles. The highest BCUT2D eigenvalue weighted by Crippen LogP contribution is 2.43. The van der Waals surface area contributed by atoms with E-state index in [4.69, 9.17) is 14.3 Å². The highest BCUT2D eigenvalue weighted by Gasteiger charge is 2.48. The summed E-state index contributed by atoms with van der Waals surface area (Å²) in [6.07, 6.45) is 2.60. The summed E-state index contributed by atoms with van der Waals surface area (Å²) in [4.78, 5) is 34.2. The van der Waals surface area contributed by atoms with Crippen molar-refractivity contribution in [3.05, 3.63) is 42.4 Å².